The van der Waals surface area contributed by atoms with Gasteiger partial charge in [-0.05, 0) is 18.2 Å². The first-order valence-corrected chi connectivity index (χ1v) is 10.2. The molecule has 0 aliphatic rings. The maximum atomic E-state index is 12.9. The lowest BCUT2D eigenvalue weighted by Crippen LogP contribution is -2.18. The number of carbonyl (C=O) groups is 1. The van der Waals surface area contributed by atoms with Gasteiger partial charge in [-0.15, -0.1) is 0 Å². The number of nitrogens with zero attached hydrogens (tertiary/aromatic N) is 3. The molecule has 0 radical (unpaired) electrons. The van der Waals surface area contributed by atoms with Crippen molar-refractivity contribution in [3.05, 3.63) is 98.5 Å². The summed E-state index contributed by atoms with van der Waals surface area (Å²) >= 11 is 3.16. The number of phenols is 1. The maximum Gasteiger partial charge on any atom is 0.312 e. The van der Waals surface area contributed by atoms with E-state index in [-0.39, 0.29) is 5.56 Å². The zero-order valence-electron chi connectivity index (χ0n) is 16.4. The minimum atomic E-state index is -0.704. The molecule has 0 unspecified atom stereocenters. The number of amides is 1. The van der Waals surface area contributed by atoms with Crippen molar-refractivity contribution in [3.63, 3.8) is 0 Å². The third-order valence-corrected chi connectivity index (χ3v) is 5.14. The number of aromatic hydroxyl groups is 1. The van der Waals surface area contributed by atoms with Gasteiger partial charge in [-0.1, -0.05) is 64.5 Å². The van der Waals surface area contributed by atoms with Crippen molar-refractivity contribution in [2.45, 2.75) is 0 Å². The number of nitrogens with one attached hydrogen (secondary N) is 1. The quantitative estimate of drug-likeness (QED) is 0.230. The number of hydrogen-bond donors (Lipinski definition) is 2. The Hall–Kier alpha value is -4.11. The fourth-order valence-corrected chi connectivity index (χ4v) is 3.65. The average molecular weight is 491 g/mol. The van der Waals surface area contributed by atoms with Crippen LogP contribution in [-0.4, -0.2) is 27.1 Å². The average Bonchev–Trinajstić information content (AvgIpc) is 2.80. The first-order valence-electron chi connectivity index (χ1n) is 9.39. The summed E-state index contributed by atoms with van der Waals surface area (Å²) in [6.45, 7) is 0. The van der Waals surface area contributed by atoms with Crippen LogP contribution in [0, 0.1) is 10.1 Å². The number of fused-ring (bicyclic) bond motifs is 1. The first kappa shape index (κ1) is 21.1. The smallest absolute Gasteiger partial charge is 0.312 e. The third kappa shape index (κ3) is 4.33. The molecule has 158 valence electrons. The van der Waals surface area contributed by atoms with Crippen molar-refractivity contribution in [1.82, 2.24) is 10.4 Å². The maximum absolute atomic E-state index is 12.9. The molecule has 4 rings (SSSR count). The minimum Gasteiger partial charge on any atom is -0.502 e. The Labute approximate surface area is 190 Å². The van der Waals surface area contributed by atoms with Gasteiger partial charge in [0.25, 0.3) is 5.91 Å². The molecule has 9 heteroatoms. The Balaban J connectivity index is 1.67. The second-order valence-corrected chi connectivity index (χ2v) is 7.67. The molecular weight excluding hydrogens is 476 g/mol. The van der Waals surface area contributed by atoms with Crippen LogP contribution in [0.4, 0.5) is 5.69 Å². The Kier molecular flexibility index (Phi) is 5.91. The van der Waals surface area contributed by atoms with Crippen molar-refractivity contribution < 1.29 is 14.8 Å². The number of pyridine rings is 1. The predicted molar refractivity (Wildman–Crippen MR) is 125 cm³/mol. The lowest BCUT2D eigenvalue weighted by Gasteiger charge is -2.09. The normalized spacial score (nSPS) is 11.0. The van der Waals surface area contributed by atoms with Gasteiger partial charge in [0.1, 0.15) is 0 Å². The number of para-hydroxylation sites is 1. The lowest BCUT2D eigenvalue weighted by atomic mass is 10.0. The highest BCUT2D eigenvalue weighted by Gasteiger charge is 2.18. The van der Waals surface area contributed by atoms with Crippen LogP contribution in [0.2, 0.25) is 0 Å². The molecule has 1 aromatic heterocycles. The SMILES string of the molecule is O=C(N/N=C/c1cc(Br)cc([N+](=O)[O-])c1O)c1cc(-c2ccccc2)nc2ccccc12. The van der Waals surface area contributed by atoms with Crippen molar-refractivity contribution in [1.29, 1.82) is 0 Å². The van der Waals surface area contributed by atoms with Crippen molar-refractivity contribution in [3.8, 4) is 17.0 Å². The molecular formula is C23H15BrN4O4. The molecule has 0 aliphatic carbocycles. The van der Waals surface area contributed by atoms with E-state index in [1.165, 1.54) is 12.1 Å². The lowest BCUT2D eigenvalue weighted by molar-refractivity contribution is -0.385. The highest BCUT2D eigenvalue weighted by atomic mass is 79.9. The molecule has 1 heterocycles. The van der Waals surface area contributed by atoms with E-state index in [1.54, 1.807) is 12.1 Å². The topological polar surface area (TPSA) is 118 Å². The van der Waals surface area contributed by atoms with Crippen molar-refractivity contribution in [2.24, 2.45) is 5.10 Å². The molecule has 0 saturated carbocycles. The summed E-state index contributed by atoms with van der Waals surface area (Å²) in [7, 11) is 0. The fourth-order valence-electron chi connectivity index (χ4n) is 3.18. The molecule has 32 heavy (non-hydrogen) atoms. The van der Waals surface area contributed by atoms with Gasteiger partial charge in [-0.25, -0.2) is 10.4 Å². The van der Waals surface area contributed by atoms with Crippen LogP contribution in [0.15, 0.2) is 82.4 Å². The molecule has 4 aromatic rings. The van der Waals surface area contributed by atoms with E-state index in [0.29, 0.717) is 26.6 Å². The molecule has 0 bridgehead atoms. The Bertz CT molecular complexity index is 1370. The summed E-state index contributed by atoms with van der Waals surface area (Å²) in [6, 6.07) is 21.1. The Morgan fingerprint density at radius 3 is 2.56 bits per heavy atom. The summed E-state index contributed by atoms with van der Waals surface area (Å²) in [5.41, 5.74) is 4.56. The molecule has 2 N–H and O–H groups in total. The van der Waals surface area contributed by atoms with E-state index in [4.69, 9.17) is 0 Å². The molecule has 0 spiro atoms. The molecule has 0 saturated heterocycles. The number of hydrogen-bond acceptors (Lipinski definition) is 6. The second kappa shape index (κ2) is 8.94. The summed E-state index contributed by atoms with van der Waals surface area (Å²) in [5.74, 6) is -1.03. The molecule has 0 aliphatic heterocycles. The van der Waals surface area contributed by atoms with Crippen LogP contribution in [0.3, 0.4) is 0 Å². The number of halogens is 1. The highest BCUT2D eigenvalue weighted by Crippen LogP contribution is 2.32. The monoisotopic (exact) mass is 490 g/mol. The number of nitro groups is 1. The first-order chi connectivity index (χ1) is 15.4. The highest BCUT2D eigenvalue weighted by molar-refractivity contribution is 9.10. The third-order valence-electron chi connectivity index (χ3n) is 4.68. The summed E-state index contributed by atoms with van der Waals surface area (Å²) in [5, 5.41) is 25.7. The van der Waals surface area contributed by atoms with E-state index < -0.39 is 22.3 Å². The van der Waals surface area contributed by atoms with Gasteiger partial charge in [0.15, 0.2) is 0 Å². The number of benzene rings is 3. The van der Waals surface area contributed by atoms with E-state index in [0.717, 1.165) is 11.8 Å². The van der Waals surface area contributed by atoms with Crippen LogP contribution >= 0.6 is 15.9 Å². The van der Waals surface area contributed by atoms with Gasteiger partial charge in [-0.3, -0.25) is 14.9 Å². The molecule has 3 aromatic carbocycles. The number of hydrazone groups is 1. The van der Waals surface area contributed by atoms with Gasteiger partial charge in [0.05, 0.1) is 27.9 Å². The van der Waals surface area contributed by atoms with E-state index in [2.05, 4.69) is 31.4 Å². The van der Waals surface area contributed by atoms with Gasteiger partial charge in [-0.2, -0.15) is 5.10 Å². The molecule has 0 fully saturated rings. The van der Waals surface area contributed by atoms with Crippen LogP contribution in [0.25, 0.3) is 22.2 Å². The fraction of sp³-hybridized carbons (Fsp3) is 0. The molecule has 8 nitrogen and oxygen atoms in total. The largest absolute Gasteiger partial charge is 0.502 e. The summed E-state index contributed by atoms with van der Waals surface area (Å²) < 4.78 is 0.391. The zero-order chi connectivity index (χ0) is 22.7. The van der Waals surface area contributed by atoms with E-state index in [9.17, 15) is 20.0 Å². The van der Waals surface area contributed by atoms with E-state index >= 15 is 0 Å². The molecule has 0 atom stereocenters. The van der Waals surface area contributed by atoms with Crippen molar-refractivity contribution >= 4 is 44.6 Å². The summed E-state index contributed by atoms with van der Waals surface area (Å²) in [4.78, 5) is 27.9. The van der Waals surface area contributed by atoms with E-state index in [1.807, 2.05) is 48.5 Å². The van der Waals surface area contributed by atoms with Gasteiger partial charge in [0.2, 0.25) is 5.75 Å². The summed E-state index contributed by atoms with van der Waals surface area (Å²) in [6.07, 6.45) is 1.15. The number of aromatic nitrogens is 1. The van der Waals surface area contributed by atoms with Crippen molar-refractivity contribution in [2.75, 3.05) is 0 Å². The van der Waals surface area contributed by atoms with Gasteiger partial charge < -0.3 is 5.11 Å². The number of rotatable bonds is 5. The molecule has 1 amide bonds. The van der Waals surface area contributed by atoms with Crippen LogP contribution in [0.5, 0.6) is 5.75 Å². The standard InChI is InChI=1S/C23H15BrN4O4/c24-16-10-15(22(29)21(11-16)28(31)32)13-25-27-23(30)18-12-20(14-6-2-1-3-7-14)26-19-9-5-4-8-17(18)19/h1-13,29H,(H,27,30)/b25-13+. The predicted octanol–water partition coefficient (Wildman–Crippen LogP) is 5.04. The van der Waals surface area contributed by atoms with Crippen LogP contribution < -0.4 is 5.43 Å². The zero-order valence-corrected chi connectivity index (χ0v) is 18.0. The number of carbonyl (C=O) groups excluding carboxylic acids is 1. The van der Waals surface area contributed by atoms with Gasteiger partial charge in [0, 0.05) is 27.1 Å². The van der Waals surface area contributed by atoms with Crippen LogP contribution in [0.1, 0.15) is 15.9 Å². The number of phenolic OH excluding ortho intramolecular Hbond substituents is 1. The number of nitro benzene ring substituents is 1. The van der Waals surface area contributed by atoms with Gasteiger partial charge >= 0.3 is 5.69 Å². The Morgan fingerprint density at radius 1 is 1.09 bits per heavy atom. The minimum absolute atomic E-state index is 0.0796. The van der Waals surface area contributed by atoms with Crippen LogP contribution in [-0.2, 0) is 0 Å². The second-order valence-electron chi connectivity index (χ2n) is 6.76. The Morgan fingerprint density at radius 2 is 1.81 bits per heavy atom.